The highest BCUT2D eigenvalue weighted by atomic mass is 35.5. The molecule has 4 heteroatoms. The fourth-order valence-electron chi connectivity index (χ4n) is 1.68. The largest absolute Gasteiger partial charge is 0.374 e. The molecular weight excluding hydrogens is 178 g/mol. The van der Waals surface area contributed by atoms with Gasteiger partial charge in [-0.25, -0.2) is 0 Å². The van der Waals surface area contributed by atoms with Gasteiger partial charge in [-0.3, -0.25) is 0 Å². The van der Waals surface area contributed by atoms with E-state index in [9.17, 15) is 0 Å². The number of halogens is 1. The number of rotatable bonds is 2. The molecule has 0 amide bonds. The molecule has 0 saturated carbocycles. The summed E-state index contributed by atoms with van der Waals surface area (Å²) in [5, 5.41) is 0. The van der Waals surface area contributed by atoms with E-state index in [4.69, 9.17) is 15.2 Å². The van der Waals surface area contributed by atoms with Gasteiger partial charge in [0.1, 0.15) is 5.60 Å². The first kappa shape index (κ1) is 12.2. The van der Waals surface area contributed by atoms with Crippen molar-refractivity contribution in [2.75, 3.05) is 20.3 Å². The molecule has 0 aromatic rings. The average Bonchev–Trinajstić information content (AvgIpc) is 2.26. The molecular formula is C8H18ClNO2. The summed E-state index contributed by atoms with van der Waals surface area (Å²) in [6.07, 6.45) is 0.896. The van der Waals surface area contributed by atoms with Crippen molar-refractivity contribution in [1.29, 1.82) is 0 Å². The first-order valence-corrected chi connectivity index (χ1v) is 3.97. The minimum atomic E-state index is -0.271. The zero-order chi connectivity index (χ0) is 8.54. The van der Waals surface area contributed by atoms with E-state index in [0.29, 0.717) is 6.54 Å². The molecule has 1 rings (SSSR count). The number of hydrogen-bond donors (Lipinski definition) is 1. The van der Waals surface area contributed by atoms with Crippen molar-refractivity contribution in [1.82, 2.24) is 0 Å². The Labute approximate surface area is 80.0 Å². The molecule has 74 valence electrons. The van der Waals surface area contributed by atoms with Gasteiger partial charge in [0.15, 0.2) is 0 Å². The highest BCUT2D eigenvalue weighted by molar-refractivity contribution is 5.85. The van der Waals surface area contributed by atoms with Crippen LogP contribution in [0.15, 0.2) is 0 Å². The summed E-state index contributed by atoms with van der Waals surface area (Å²) in [5.41, 5.74) is 5.14. The zero-order valence-corrected chi connectivity index (χ0v) is 8.74. The number of nitrogens with two attached hydrogens (primary N) is 1. The van der Waals surface area contributed by atoms with Gasteiger partial charge in [0.2, 0.25) is 0 Å². The molecule has 1 unspecified atom stereocenters. The quantitative estimate of drug-likeness (QED) is 0.714. The Morgan fingerprint density at radius 2 is 2.08 bits per heavy atom. The third-order valence-corrected chi connectivity index (χ3v) is 2.79. The van der Waals surface area contributed by atoms with Gasteiger partial charge in [-0.15, -0.1) is 12.4 Å². The van der Waals surface area contributed by atoms with Gasteiger partial charge in [-0.05, 0) is 13.8 Å². The molecule has 0 aromatic heterocycles. The molecule has 12 heavy (non-hydrogen) atoms. The van der Waals surface area contributed by atoms with Gasteiger partial charge < -0.3 is 15.2 Å². The van der Waals surface area contributed by atoms with Crippen molar-refractivity contribution in [3.63, 3.8) is 0 Å². The molecule has 0 radical (unpaired) electrons. The molecule has 1 aliphatic heterocycles. The summed E-state index contributed by atoms with van der Waals surface area (Å²) in [5.74, 6) is 0. The predicted octanol–water partition coefficient (Wildman–Crippen LogP) is 0.951. The SMILES string of the molecule is COC1(CN)CCOC1(C)C.Cl. The number of hydrogen-bond acceptors (Lipinski definition) is 3. The van der Waals surface area contributed by atoms with Crippen molar-refractivity contribution in [2.45, 2.75) is 31.5 Å². The van der Waals surface area contributed by atoms with Crippen LogP contribution in [-0.2, 0) is 9.47 Å². The summed E-state index contributed by atoms with van der Waals surface area (Å²) in [6.45, 7) is 5.32. The monoisotopic (exact) mass is 195 g/mol. The summed E-state index contributed by atoms with van der Waals surface area (Å²) in [4.78, 5) is 0. The van der Waals surface area contributed by atoms with Crippen LogP contribution in [0.5, 0.6) is 0 Å². The van der Waals surface area contributed by atoms with Gasteiger partial charge in [0.25, 0.3) is 0 Å². The van der Waals surface area contributed by atoms with Gasteiger partial charge >= 0.3 is 0 Å². The van der Waals surface area contributed by atoms with E-state index in [0.717, 1.165) is 13.0 Å². The van der Waals surface area contributed by atoms with E-state index in [1.54, 1.807) is 7.11 Å². The molecule has 1 fully saturated rings. The minimum absolute atomic E-state index is 0. The summed E-state index contributed by atoms with van der Waals surface area (Å²) in [7, 11) is 1.70. The zero-order valence-electron chi connectivity index (χ0n) is 7.92. The van der Waals surface area contributed by atoms with Crippen LogP contribution >= 0.6 is 12.4 Å². The Balaban J connectivity index is 0.00000121. The maximum Gasteiger partial charge on any atom is 0.110 e. The van der Waals surface area contributed by atoms with Crippen molar-refractivity contribution in [2.24, 2.45) is 5.73 Å². The van der Waals surface area contributed by atoms with Crippen LogP contribution in [0.3, 0.4) is 0 Å². The van der Waals surface area contributed by atoms with Crippen LogP contribution in [-0.4, -0.2) is 31.5 Å². The Kier molecular flexibility index (Phi) is 3.97. The number of ether oxygens (including phenoxy) is 2. The maximum atomic E-state index is 5.65. The molecule has 0 aromatic carbocycles. The Bertz CT molecular complexity index is 146. The van der Waals surface area contributed by atoms with Gasteiger partial charge in [0.05, 0.1) is 12.2 Å². The lowest BCUT2D eigenvalue weighted by Crippen LogP contribution is -2.53. The van der Waals surface area contributed by atoms with Crippen molar-refractivity contribution >= 4 is 12.4 Å². The third-order valence-electron chi connectivity index (χ3n) is 2.79. The molecule has 1 heterocycles. The smallest absolute Gasteiger partial charge is 0.110 e. The van der Waals surface area contributed by atoms with E-state index in [-0.39, 0.29) is 23.6 Å². The number of methoxy groups -OCH3 is 1. The minimum Gasteiger partial charge on any atom is -0.374 e. The second-order valence-corrected chi connectivity index (χ2v) is 3.51. The Morgan fingerprint density at radius 1 is 1.50 bits per heavy atom. The lowest BCUT2D eigenvalue weighted by Gasteiger charge is -2.37. The molecule has 2 N–H and O–H groups in total. The van der Waals surface area contributed by atoms with Crippen LogP contribution in [0.4, 0.5) is 0 Å². The molecule has 1 atom stereocenters. The fraction of sp³-hybridized carbons (Fsp3) is 1.00. The Hall–Kier alpha value is 0.170. The average molecular weight is 196 g/mol. The molecule has 1 saturated heterocycles. The van der Waals surface area contributed by atoms with Crippen molar-refractivity contribution < 1.29 is 9.47 Å². The summed E-state index contributed by atoms with van der Waals surface area (Å²) >= 11 is 0. The van der Waals surface area contributed by atoms with E-state index < -0.39 is 0 Å². The predicted molar refractivity (Wildman–Crippen MR) is 50.7 cm³/mol. The maximum absolute atomic E-state index is 5.65. The van der Waals surface area contributed by atoms with Crippen LogP contribution in [0.2, 0.25) is 0 Å². The van der Waals surface area contributed by atoms with Crippen LogP contribution in [0, 0.1) is 0 Å². The molecule has 1 aliphatic rings. The lowest BCUT2D eigenvalue weighted by atomic mass is 9.85. The first-order valence-electron chi connectivity index (χ1n) is 3.97. The van der Waals surface area contributed by atoms with Crippen molar-refractivity contribution in [3.05, 3.63) is 0 Å². The summed E-state index contributed by atoms with van der Waals surface area (Å²) in [6, 6.07) is 0. The molecule has 0 aliphatic carbocycles. The Morgan fingerprint density at radius 3 is 2.25 bits per heavy atom. The van der Waals surface area contributed by atoms with Gasteiger partial charge in [-0.2, -0.15) is 0 Å². The summed E-state index contributed by atoms with van der Waals surface area (Å²) < 4.78 is 10.9. The third kappa shape index (κ3) is 1.59. The first-order chi connectivity index (χ1) is 5.08. The molecule has 0 bridgehead atoms. The highest BCUT2D eigenvalue weighted by Gasteiger charge is 2.49. The highest BCUT2D eigenvalue weighted by Crippen LogP contribution is 2.37. The van der Waals surface area contributed by atoms with Gasteiger partial charge in [-0.1, -0.05) is 0 Å². The van der Waals surface area contributed by atoms with Gasteiger partial charge in [0, 0.05) is 20.1 Å². The van der Waals surface area contributed by atoms with Crippen molar-refractivity contribution in [3.8, 4) is 0 Å². The van der Waals surface area contributed by atoms with Crippen LogP contribution in [0.25, 0.3) is 0 Å². The normalized spacial score (nSPS) is 33.0. The lowest BCUT2D eigenvalue weighted by molar-refractivity contribution is -0.113. The molecule has 0 spiro atoms. The second-order valence-electron chi connectivity index (χ2n) is 3.51. The topological polar surface area (TPSA) is 44.5 Å². The van der Waals surface area contributed by atoms with Crippen LogP contribution in [0.1, 0.15) is 20.3 Å². The van der Waals surface area contributed by atoms with E-state index in [1.807, 2.05) is 13.8 Å². The fourth-order valence-corrected chi connectivity index (χ4v) is 1.68. The second kappa shape index (κ2) is 3.92. The standard InChI is InChI=1S/C8H17NO2.ClH/c1-7(2)8(6-9,10-3)4-5-11-7;/h4-6,9H2,1-3H3;1H. The van der Waals surface area contributed by atoms with E-state index >= 15 is 0 Å². The van der Waals surface area contributed by atoms with Crippen LogP contribution < -0.4 is 5.73 Å². The van der Waals surface area contributed by atoms with E-state index in [2.05, 4.69) is 0 Å². The molecule has 3 nitrogen and oxygen atoms in total. The van der Waals surface area contributed by atoms with E-state index in [1.165, 1.54) is 0 Å².